The fourth-order valence-electron chi connectivity index (χ4n) is 1.91. The van der Waals surface area contributed by atoms with Gasteiger partial charge in [0.25, 0.3) is 0 Å². The molecular formula is C14H13FN4S. The van der Waals surface area contributed by atoms with Gasteiger partial charge in [0.05, 0.1) is 16.6 Å². The molecular weight excluding hydrogens is 275 g/mol. The zero-order chi connectivity index (χ0) is 13.9. The molecule has 0 saturated heterocycles. The molecule has 0 radical (unpaired) electrons. The van der Waals surface area contributed by atoms with Crippen molar-refractivity contribution in [2.24, 2.45) is 4.40 Å². The van der Waals surface area contributed by atoms with Crippen molar-refractivity contribution in [3.8, 4) is 0 Å². The van der Waals surface area contributed by atoms with Crippen LogP contribution in [0.15, 0.2) is 52.0 Å². The van der Waals surface area contributed by atoms with E-state index < -0.39 is 0 Å². The van der Waals surface area contributed by atoms with Gasteiger partial charge in [0.15, 0.2) is 0 Å². The van der Waals surface area contributed by atoms with Crippen LogP contribution >= 0.6 is 11.9 Å². The topological polar surface area (TPSA) is 49.3 Å². The molecule has 1 aromatic heterocycles. The molecule has 0 aliphatic carbocycles. The van der Waals surface area contributed by atoms with Gasteiger partial charge in [-0.15, -0.1) is 0 Å². The average Bonchev–Trinajstić information content (AvgIpc) is 2.47. The summed E-state index contributed by atoms with van der Waals surface area (Å²) in [5, 5.41) is 6.35. The van der Waals surface area contributed by atoms with E-state index in [1.807, 2.05) is 25.3 Å². The monoisotopic (exact) mass is 288 g/mol. The first-order valence-corrected chi connectivity index (χ1v) is 6.98. The minimum Gasteiger partial charge on any atom is -0.349 e. The first-order valence-electron chi connectivity index (χ1n) is 6.20. The number of hydrogen-bond donors (Lipinski definition) is 2. The molecule has 1 atom stereocenters. The van der Waals surface area contributed by atoms with Gasteiger partial charge in [-0.2, -0.15) is 4.40 Å². The maximum atomic E-state index is 13.2. The van der Waals surface area contributed by atoms with Crippen molar-refractivity contribution < 1.29 is 4.39 Å². The number of aromatic nitrogens is 1. The molecule has 2 N–H and O–H groups in total. The Kier molecular flexibility index (Phi) is 3.56. The zero-order valence-corrected chi connectivity index (χ0v) is 11.6. The quantitative estimate of drug-likeness (QED) is 0.832. The third-order valence-corrected chi connectivity index (χ3v) is 3.79. The van der Waals surface area contributed by atoms with Crippen molar-refractivity contribution in [1.29, 1.82) is 0 Å². The number of guanidine groups is 1. The van der Waals surface area contributed by atoms with E-state index in [9.17, 15) is 4.39 Å². The fraction of sp³-hybridized carbons (Fsp3) is 0.143. The van der Waals surface area contributed by atoms with Crippen LogP contribution in [0.4, 0.5) is 10.1 Å². The van der Waals surface area contributed by atoms with Gasteiger partial charge in [0.2, 0.25) is 5.96 Å². The number of fused-ring (bicyclic) bond motifs is 1. The molecule has 6 heteroatoms. The molecule has 1 aliphatic heterocycles. The van der Waals surface area contributed by atoms with Gasteiger partial charge in [-0.25, -0.2) is 4.39 Å². The normalized spacial score (nSPS) is 14.8. The molecule has 20 heavy (non-hydrogen) atoms. The van der Waals surface area contributed by atoms with Gasteiger partial charge in [-0.3, -0.25) is 4.98 Å². The highest BCUT2D eigenvalue weighted by Gasteiger charge is 2.15. The Balaban J connectivity index is 1.72. The molecule has 0 spiro atoms. The van der Waals surface area contributed by atoms with E-state index >= 15 is 0 Å². The third-order valence-electron chi connectivity index (χ3n) is 2.97. The number of nitrogens with one attached hydrogen (secondary N) is 2. The Morgan fingerprint density at radius 3 is 3.05 bits per heavy atom. The van der Waals surface area contributed by atoms with E-state index in [-0.39, 0.29) is 11.9 Å². The van der Waals surface area contributed by atoms with Gasteiger partial charge in [-0.1, -0.05) is 6.07 Å². The van der Waals surface area contributed by atoms with Crippen molar-refractivity contribution >= 4 is 23.6 Å². The van der Waals surface area contributed by atoms with Gasteiger partial charge < -0.3 is 10.6 Å². The molecule has 102 valence electrons. The second-order valence-electron chi connectivity index (χ2n) is 4.45. The Morgan fingerprint density at radius 2 is 2.25 bits per heavy atom. The van der Waals surface area contributed by atoms with Gasteiger partial charge in [-0.05, 0) is 36.8 Å². The molecule has 0 saturated carbocycles. The predicted molar refractivity (Wildman–Crippen MR) is 79.1 cm³/mol. The fourth-order valence-corrected chi connectivity index (χ4v) is 2.53. The lowest BCUT2D eigenvalue weighted by molar-refractivity contribution is 0.627. The van der Waals surface area contributed by atoms with Crippen molar-refractivity contribution in [1.82, 2.24) is 10.3 Å². The second-order valence-corrected chi connectivity index (χ2v) is 5.25. The summed E-state index contributed by atoms with van der Waals surface area (Å²) in [5.74, 6) is 0.350. The number of hydrogen-bond acceptors (Lipinski definition) is 5. The maximum absolute atomic E-state index is 13.2. The van der Waals surface area contributed by atoms with Crippen LogP contribution < -0.4 is 10.6 Å². The highest BCUT2D eigenvalue weighted by molar-refractivity contribution is 7.98. The van der Waals surface area contributed by atoms with Crippen molar-refractivity contribution in [2.45, 2.75) is 17.9 Å². The Bertz CT molecular complexity index is 645. The highest BCUT2D eigenvalue weighted by Crippen LogP contribution is 2.32. The van der Waals surface area contributed by atoms with Crippen LogP contribution in [-0.2, 0) is 0 Å². The molecule has 0 bridgehead atoms. The third kappa shape index (κ3) is 2.75. The Labute approximate surface area is 120 Å². The molecule has 0 amide bonds. The summed E-state index contributed by atoms with van der Waals surface area (Å²) in [6.07, 6.45) is 3.54. The van der Waals surface area contributed by atoms with Crippen LogP contribution in [0.3, 0.4) is 0 Å². The number of benzene rings is 1. The first kappa shape index (κ1) is 12.9. The van der Waals surface area contributed by atoms with E-state index in [0.29, 0.717) is 5.96 Å². The van der Waals surface area contributed by atoms with Crippen molar-refractivity contribution in [3.63, 3.8) is 0 Å². The lowest BCUT2D eigenvalue weighted by Crippen LogP contribution is -2.33. The largest absolute Gasteiger partial charge is 0.349 e. The van der Waals surface area contributed by atoms with Crippen molar-refractivity contribution in [2.75, 3.05) is 5.32 Å². The Morgan fingerprint density at radius 1 is 1.35 bits per heavy atom. The molecule has 3 rings (SSSR count). The van der Waals surface area contributed by atoms with E-state index in [1.165, 1.54) is 24.1 Å². The lowest BCUT2D eigenvalue weighted by atomic mass is 10.1. The molecule has 2 heterocycles. The molecule has 2 aromatic rings. The highest BCUT2D eigenvalue weighted by atomic mass is 32.2. The summed E-state index contributed by atoms with van der Waals surface area (Å²) in [7, 11) is 0. The number of anilines is 1. The smallest absolute Gasteiger partial charge is 0.208 e. The number of halogens is 1. The van der Waals surface area contributed by atoms with E-state index in [1.54, 1.807) is 12.3 Å². The van der Waals surface area contributed by atoms with Crippen LogP contribution in [0, 0.1) is 5.82 Å². The van der Waals surface area contributed by atoms with E-state index in [2.05, 4.69) is 20.0 Å². The first-order chi connectivity index (χ1) is 9.72. The maximum Gasteiger partial charge on any atom is 0.208 e. The SMILES string of the molecule is CC(NC1=NSc2ccc(F)cc2N1)c1cccnc1. The van der Waals surface area contributed by atoms with Crippen LogP contribution in [0.5, 0.6) is 0 Å². The van der Waals surface area contributed by atoms with Gasteiger partial charge in [0.1, 0.15) is 5.82 Å². The second kappa shape index (κ2) is 5.50. The number of rotatable bonds is 2. The minimum atomic E-state index is -0.265. The standard InChI is InChI=1S/C14H13FN4S/c1-9(10-3-2-6-16-8-10)17-14-18-12-7-11(15)4-5-13(12)20-19-14/h2-9H,1H3,(H2,17,18,19). The summed E-state index contributed by atoms with van der Waals surface area (Å²) in [6.45, 7) is 2.02. The summed E-state index contributed by atoms with van der Waals surface area (Å²) in [6, 6.07) is 8.56. The van der Waals surface area contributed by atoms with Gasteiger partial charge in [0, 0.05) is 24.3 Å². The molecule has 1 aromatic carbocycles. The summed E-state index contributed by atoms with van der Waals surface area (Å²) in [5.41, 5.74) is 1.79. The van der Waals surface area contributed by atoms with E-state index in [0.717, 1.165) is 16.1 Å². The molecule has 4 nitrogen and oxygen atoms in total. The van der Waals surface area contributed by atoms with Crippen LogP contribution in [-0.4, -0.2) is 10.9 Å². The van der Waals surface area contributed by atoms with Crippen LogP contribution in [0.2, 0.25) is 0 Å². The van der Waals surface area contributed by atoms with Crippen LogP contribution in [0.25, 0.3) is 0 Å². The van der Waals surface area contributed by atoms with Crippen LogP contribution in [0.1, 0.15) is 18.5 Å². The zero-order valence-electron chi connectivity index (χ0n) is 10.8. The number of nitrogens with zero attached hydrogens (tertiary/aromatic N) is 2. The Hall–Kier alpha value is -2.08. The molecule has 0 fully saturated rings. The summed E-state index contributed by atoms with van der Waals surface area (Å²) >= 11 is 1.32. The van der Waals surface area contributed by atoms with E-state index in [4.69, 9.17) is 0 Å². The lowest BCUT2D eigenvalue weighted by Gasteiger charge is -2.21. The summed E-state index contributed by atoms with van der Waals surface area (Å²) < 4.78 is 17.6. The summed E-state index contributed by atoms with van der Waals surface area (Å²) in [4.78, 5) is 5.00. The van der Waals surface area contributed by atoms with Crippen molar-refractivity contribution in [3.05, 3.63) is 54.1 Å². The molecule has 1 unspecified atom stereocenters. The number of pyridine rings is 1. The average molecular weight is 288 g/mol. The molecule has 1 aliphatic rings. The minimum absolute atomic E-state index is 0.0608. The van der Waals surface area contributed by atoms with Gasteiger partial charge >= 0.3 is 0 Å². The predicted octanol–water partition coefficient (Wildman–Crippen LogP) is 3.36.